The van der Waals surface area contributed by atoms with Crippen molar-refractivity contribution in [3.63, 3.8) is 0 Å². The first-order valence-electron chi connectivity index (χ1n) is 15.5. The van der Waals surface area contributed by atoms with Gasteiger partial charge in [0.25, 0.3) is 0 Å². The van der Waals surface area contributed by atoms with E-state index in [-0.39, 0.29) is 49.4 Å². The Morgan fingerprint density at radius 1 is 0.976 bits per heavy atom. The predicted molar refractivity (Wildman–Crippen MR) is 162 cm³/mol. The Morgan fingerprint density at radius 3 is 2.27 bits per heavy atom. The number of rotatable bonds is 17. The summed E-state index contributed by atoms with van der Waals surface area (Å²) >= 11 is 0. The average Bonchev–Trinajstić information content (AvgIpc) is 3.45. The molecule has 2 amide bonds. The Morgan fingerprint density at radius 2 is 1.63 bits per heavy atom. The lowest BCUT2D eigenvalue weighted by Crippen LogP contribution is -2.50. The van der Waals surface area contributed by atoms with Gasteiger partial charge in [0.1, 0.15) is 6.61 Å². The van der Waals surface area contributed by atoms with E-state index < -0.39 is 11.5 Å². The molecule has 41 heavy (non-hydrogen) atoms. The molecular weight excluding hydrogens is 516 g/mol. The number of carbonyl (C=O) groups excluding carboxylic acids is 3. The molecule has 2 aliphatic carbocycles. The van der Waals surface area contributed by atoms with Gasteiger partial charge in [0.15, 0.2) is 0 Å². The number of hydrogen-bond acceptors (Lipinski definition) is 5. The van der Waals surface area contributed by atoms with Crippen LogP contribution in [0.1, 0.15) is 89.0 Å². The maximum Gasteiger partial charge on any atom is 0.309 e. The molecule has 0 saturated heterocycles. The van der Waals surface area contributed by atoms with E-state index in [0.29, 0.717) is 25.2 Å². The summed E-state index contributed by atoms with van der Waals surface area (Å²) in [4.78, 5) is 39.6. The third kappa shape index (κ3) is 10.8. The number of hydrogen-bond donors (Lipinski definition) is 3. The summed E-state index contributed by atoms with van der Waals surface area (Å²) in [7, 11) is 0. The van der Waals surface area contributed by atoms with Gasteiger partial charge in [-0.1, -0.05) is 87.4 Å². The van der Waals surface area contributed by atoms with Crippen LogP contribution in [0.4, 0.5) is 0 Å². The van der Waals surface area contributed by atoms with Crippen molar-refractivity contribution in [2.24, 2.45) is 17.8 Å². The maximum absolute atomic E-state index is 13.5. The molecule has 7 nitrogen and oxygen atoms in total. The van der Waals surface area contributed by atoms with Crippen molar-refractivity contribution in [1.82, 2.24) is 10.6 Å². The molecule has 0 bridgehead atoms. The number of aliphatic hydroxyl groups excluding tert-OH is 1. The minimum absolute atomic E-state index is 0.0218. The monoisotopic (exact) mass is 566 g/mol. The van der Waals surface area contributed by atoms with Crippen molar-refractivity contribution in [3.05, 3.63) is 61.2 Å². The third-order valence-corrected chi connectivity index (χ3v) is 8.75. The molecule has 226 valence electrons. The van der Waals surface area contributed by atoms with Crippen LogP contribution in [-0.4, -0.2) is 47.7 Å². The van der Waals surface area contributed by atoms with Crippen molar-refractivity contribution < 1.29 is 24.2 Å². The Kier molecular flexibility index (Phi) is 13.6. The van der Waals surface area contributed by atoms with Crippen LogP contribution in [0.25, 0.3) is 0 Å². The van der Waals surface area contributed by atoms with E-state index in [4.69, 9.17) is 4.74 Å². The van der Waals surface area contributed by atoms with Crippen molar-refractivity contribution in [3.8, 4) is 0 Å². The fourth-order valence-corrected chi connectivity index (χ4v) is 6.41. The van der Waals surface area contributed by atoms with Crippen LogP contribution in [0, 0.1) is 17.8 Å². The molecule has 3 atom stereocenters. The first-order valence-corrected chi connectivity index (χ1v) is 15.5. The van der Waals surface area contributed by atoms with E-state index in [1.807, 2.05) is 30.3 Å². The van der Waals surface area contributed by atoms with Crippen LogP contribution in [0.3, 0.4) is 0 Å². The molecule has 1 aromatic carbocycles. The minimum atomic E-state index is -0.583. The van der Waals surface area contributed by atoms with Crippen LogP contribution < -0.4 is 10.6 Å². The molecule has 3 N–H and O–H groups in total. The fraction of sp³-hybridized carbons (Fsp3) is 0.618. The van der Waals surface area contributed by atoms with E-state index in [2.05, 4.69) is 23.8 Å². The number of ether oxygens (including phenoxy) is 1. The number of benzene rings is 1. The summed E-state index contributed by atoms with van der Waals surface area (Å²) in [5, 5.41) is 16.0. The highest BCUT2D eigenvalue weighted by atomic mass is 16.5. The van der Waals surface area contributed by atoms with E-state index in [0.717, 1.165) is 50.5 Å². The highest BCUT2D eigenvalue weighted by Crippen LogP contribution is 2.30. The highest BCUT2D eigenvalue weighted by Gasteiger charge is 2.36. The lowest BCUT2D eigenvalue weighted by molar-refractivity contribution is -0.150. The number of aliphatic hydroxyl groups is 1. The molecule has 0 unspecified atom stereocenters. The zero-order valence-electron chi connectivity index (χ0n) is 24.7. The Balaban J connectivity index is 1.64. The largest absolute Gasteiger partial charge is 0.463 e. The van der Waals surface area contributed by atoms with Crippen LogP contribution in [0.2, 0.25) is 0 Å². The quantitative estimate of drug-likeness (QED) is 0.172. The minimum Gasteiger partial charge on any atom is -0.463 e. The lowest BCUT2D eigenvalue weighted by Gasteiger charge is -2.30. The first-order chi connectivity index (χ1) is 19.9. The lowest BCUT2D eigenvalue weighted by atomic mass is 9.84. The summed E-state index contributed by atoms with van der Waals surface area (Å²) in [5.41, 5.74) is 0.487. The predicted octanol–water partition coefficient (Wildman–Crippen LogP) is 5.42. The van der Waals surface area contributed by atoms with Crippen molar-refractivity contribution in [2.75, 3.05) is 13.2 Å². The standard InChI is InChI=1S/C34H50N2O5/c1-3-13-28(23-31(38)36-34(25-37)19-11-12-20-34)32(39)35-30(22-27-17-9-6-10-18-27)24-41-33(40)29(14-4-2)21-26-15-7-5-8-16-26/h3-5,7-8,15-16,27-30,37H,1-2,6,9-14,17-25H2,(H,35,39)(H,36,38)/t28-,29-,30+/m1/s1. The number of esters is 1. The normalized spacial score (nSPS) is 19.0. The zero-order chi connectivity index (χ0) is 29.5. The van der Waals surface area contributed by atoms with Crippen molar-refractivity contribution in [2.45, 2.75) is 101 Å². The molecule has 0 aromatic heterocycles. The van der Waals surface area contributed by atoms with Crippen molar-refractivity contribution in [1.29, 1.82) is 0 Å². The zero-order valence-corrected chi connectivity index (χ0v) is 24.7. The van der Waals surface area contributed by atoms with Gasteiger partial charge >= 0.3 is 5.97 Å². The molecule has 0 aliphatic heterocycles. The SMILES string of the molecule is C=CC[C@H](CC(=O)NC1(CO)CCCC1)C(=O)N[C@H](COC(=O)[C@H](CC=C)Cc1ccccc1)CC1CCCCC1. The third-order valence-electron chi connectivity index (χ3n) is 8.75. The van der Waals surface area contributed by atoms with Crippen LogP contribution >= 0.6 is 0 Å². The fourth-order valence-electron chi connectivity index (χ4n) is 6.41. The summed E-state index contributed by atoms with van der Waals surface area (Å²) < 4.78 is 5.84. The first kappa shape index (κ1) is 32.6. The highest BCUT2D eigenvalue weighted by molar-refractivity contribution is 5.86. The van der Waals surface area contributed by atoms with Gasteiger partial charge in [-0.2, -0.15) is 0 Å². The second kappa shape index (κ2) is 17.1. The molecule has 0 spiro atoms. The molecular formula is C34H50N2O5. The summed E-state index contributed by atoms with van der Waals surface area (Å²) in [5.74, 6) is -1.20. The average molecular weight is 567 g/mol. The Hall–Kier alpha value is -2.93. The molecule has 3 rings (SSSR count). The van der Waals surface area contributed by atoms with Gasteiger partial charge in [0.05, 0.1) is 30.0 Å². The van der Waals surface area contributed by atoms with Gasteiger partial charge < -0.3 is 20.5 Å². The molecule has 0 heterocycles. The molecule has 2 aliphatic rings. The smallest absolute Gasteiger partial charge is 0.309 e. The topological polar surface area (TPSA) is 105 Å². The van der Waals surface area contributed by atoms with Crippen LogP contribution in [0.15, 0.2) is 55.6 Å². The molecule has 2 saturated carbocycles. The molecule has 7 heteroatoms. The van der Waals surface area contributed by atoms with E-state index >= 15 is 0 Å². The molecule has 2 fully saturated rings. The van der Waals surface area contributed by atoms with Gasteiger partial charge in [0, 0.05) is 6.42 Å². The number of carbonyl (C=O) groups is 3. The number of allylic oxidation sites excluding steroid dienone is 2. The molecule has 1 aromatic rings. The number of amides is 2. The Bertz CT molecular complexity index is 982. The van der Waals surface area contributed by atoms with Gasteiger partial charge in [-0.15, -0.1) is 13.2 Å². The number of nitrogens with one attached hydrogen (secondary N) is 2. The van der Waals surface area contributed by atoms with Gasteiger partial charge in [0.2, 0.25) is 11.8 Å². The van der Waals surface area contributed by atoms with Gasteiger partial charge in [-0.3, -0.25) is 14.4 Å². The van der Waals surface area contributed by atoms with Crippen LogP contribution in [0.5, 0.6) is 0 Å². The van der Waals surface area contributed by atoms with Gasteiger partial charge in [-0.25, -0.2) is 0 Å². The molecule has 0 radical (unpaired) electrons. The van der Waals surface area contributed by atoms with E-state index in [9.17, 15) is 19.5 Å². The summed E-state index contributed by atoms with van der Waals surface area (Å²) in [6.45, 7) is 7.62. The Labute approximate surface area is 246 Å². The maximum atomic E-state index is 13.5. The summed E-state index contributed by atoms with van der Waals surface area (Å²) in [6, 6.07) is 9.54. The van der Waals surface area contributed by atoms with E-state index in [1.165, 1.54) is 19.3 Å². The van der Waals surface area contributed by atoms with Crippen LogP contribution in [-0.2, 0) is 25.5 Å². The van der Waals surface area contributed by atoms with E-state index in [1.54, 1.807) is 12.2 Å². The van der Waals surface area contributed by atoms with Gasteiger partial charge in [-0.05, 0) is 50.0 Å². The second-order valence-electron chi connectivity index (χ2n) is 12.1. The van der Waals surface area contributed by atoms with Crippen molar-refractivity contribution >= 4 is 17.8 Å². The second-order valence-corrected chi connectivity index (χ2v) is 12.1. The summed E-state index contributed by atoms with van der Waals surface area (Å²) in [6.07, 6.45) is 14.8.